The first-order valence-corrected chi connectivity index (χ1v) is 6.58. The van der Waals surface area contributed by atoms with Crippen LogP contribution in [-0.4, -0.2) is 24.5 Å². The number of benzene rings is 1. The van der Waals surface area contributed by atoms with E-state index in [9.17, 15) is 13.5 Å². The zero-order valence-electron chi connectivity index (χ0n) is 8.09. The molecule has 0 heterocycles. The molecule has 0 unspecified atom stereocenters. The van der Waals surface area contributed by atoms with Gasteiger partial charge in [-0.05, 0) is 17.7 Å². The molecular weight excluding hydrogens is 238 g/mol. The Kier molecular flexibility index (Phi) is 3.59. The molecule has 1 aromatic rings. The number of hydrogen-bond donors (Lipinski definition) is 2. The molecule has 0 amide bonds. The number of halogens is 1. The monoisotopic (exact) mass is 249 g/mol. The molecule has 3 N–H and O–H groups in total. The lowest BCUT2D eigenvalue weighted by Crippen LogP contribution is -2.21. The molecule has 0 aliphatic rings. The number of nitrogens with two attached hydrogens (primary N) is 1. The first-order valence-electron chi connectivity index (χ1n) is 4.19. The molecule has 1 rings (SSSR count). The van der Waals surface area contributed by atoms with Crippen molar-refractivity contribution in [1.29, 1.82) is 0 Å². The fourth-order valence-corrected chi connectivity index (χ4v) is 1.90. The Labute approximate surface area is 93.6 Å². The van der Waals surface area contributed by atoms with Gasteiger partial charge in [0.25, 0.3) is 0 Å². The maximum atomic E-state index is 11.1. The van der Waals surface area contributed by atoms with Gasteiger partial charge < -0.3 is 10.8 Å². The van der Waals surface area contributed by atoms with Crippen LogP contribution in [0.15, 0.2) is 24.3 Å². The molecule has 4 nitrogen and oxygen atoms in total. The smallest absolute Gasteiger partial charge is 0.167 e. The van der Waals surface area contributed by atoms with Crippen LogP contribution in [-0.2, 0) is 9.84 Å². The van der Waals surface area contributed by atoms with E-state index >= 15 is 0 Å². The summed E-state index contributed by atoms with van der Waals surface area (Å²) in [6.07, 6.45) is -0.301. The van der Waals surface area contributed by atoms with Gasteiger partial charge >= 0.3 is 0 Å². The maximum Gasteiger partial charge on any atom is 0.167 e. The zero-order chi connectivity index (χ0) is 11.6. The van der Waals surface area contributed by atoms with E-state index in [2.05, 4.69) is 0 Å². The zero-order valence-corrected chi connectivity index (χ0v) is 9.66. The second-order valence-electron chi connectivity index (χ2n) is 3.30. The summed E-state index contributed by atoms with van der Waals surface area (Å²) in [6, 6.07) is 6.33. The number of sulfone groups is 1. The summed E-state index contributed by atoms with van der Waals surface area (Å²) in [4.78, 5) is 0. The second-order valence-corrected chi connectivity index (χ2v) is 6.19. The number of rotatable bonds is 3. The summed E-state index contributed by atoms with van der Waals surface area (Å²) in [5.74, 6) is 0. The molecule has 0 aliphatic heterocycles. The van der Waals surface area contributed by atoms with Crippen LogP contribution in [0, 0.1) is 0 Å². The lowest BCUT2D eigenvalue weighted by Gasteiger charge is -2.15. The van der Waals surface area contributed by atoms with Gasteiger partial charge in [-0.15, -0.1) is 11.6 Å². The predicted molar refractivity (Wildman–Crippen MR) is 60.3 cm³/mol. The van der Waals surface area contributed by atoms with E-state index < -0.39 is 20.7 Å². The van der Waals surface area contributed by atoms with Gasteiger partial charge in [-0.1, -0.05) is 12.1 Å². The van der Waals surface area contributed by atoms with Crippen LogP contribution in [0.4, 0.5) is 5.69 Å². The summed E-state index contributed by atoms with van der Waals surface area (Å²) < 4.78 is 20.9. The number of aliphatic hydroxyl groups is 1. The van der Waals surface area contributed by atoms with Gasteiger partial charge in [0.1, 0.15) is 6.10 Å². The number of nitrogen functional groups attached to an aromatic ring is 1. The average Bonchev–Trinajstić information content (AvgIpc) is 2.14. The molecule has 0 spiro atoms. The van der Waals surface area contributed by atoms with Crippen LogP contribution in [0.5, 0.6) is 0 Å². The minimum Gasteiger partial charge on any atom is -0.399 e. The molecule has 6 heteroatoms. The third kappa shape index (κ3) is 3.09. The van der Waals surface area contributed by atoms with Crippen molar-refractivity contribution in [3.63, 3.8) is 0 Å². The van der Waals surface area contributed by atoms with Crippen molar-refractivity contribution in [2.24, 2.45) is 0 Å². The number of alkyl halides is 1. The van der Waals surface area contributed by atoms with Crippen LogP contribution in [0.1, 0.15) is 11.7 Å². The van der Waals surface area contributed by atoms with E-state index in [1.807, 2.05) is 0 Å². The van der Waals surface area contributed by atoms with Crippen molar-refractivity contribution in [3.8, 4) is 0 Å². The Balaban J connectivity index is 3.00. The Morgan fingerprint density at radius 3 is 2.53 bits per heavy atom. The fraction of sp³-hybridized carbons (Fsp3) is 0.333. The summed E-state index contributed by atoms with van der Waals surface area (Å²) in [7, 11) is -3.49. The first-order chi connectivity index (χ1) is 6.82. The molecule has 84 valence electrons. The minimum atomic E-state index is -3.49. The predicted octanol–water partition coefficient (Wildman–Crippen LogP) is 0.912. The maximum absolute atomic E-state index is 11.1. The molecule has 0 saturated heterocycles. The lowest BCUT2D eigenvalue weighted by molar-refractivity contribution is 0.192. The van der Waals surface area contributed by atoms with Gasteiger partial charge in [0, 0.05) is 11.9 Å². The molecule has 0 fully saturated rings. The molecule has 0 radical (unpaired) electrons. The van der Waals surface area contributed by atoms with E-state index in [1.165, 1.54) is 6.07 Å². The average molecular weight is 250 g/mol. The molecule has 0 bridgehead atoms. The summed E-state index contributed by atoms with van der Waals surface area (Å²) in [5, 5.41) is 9.68. The SMILES string of the molecule is CS(=O)(=O)[C@@H](Cl)[C@H](O)c1cccc(N)c1. The van der Waals surface area contributed by atoms with Gasteiger partial charge in [-0.2, -0.15) is 0 Å². The highest BCUT2D eigenvalue weighted by Gasteiger charge is 2.27. The van der Waals surface area contributed by atoms with Crippen molar-refractivity contribution >= 4 is 27.1 Å². The number of hydrogen-bond acceptors (Lipinski definition) is 4. The minimum absolute atomic E-state index is 0.389. The standard InChI is InChI=1S/C9H12ClNO3S/c1-15(13,14)9(10)8(12)6-3-2-4-7(11)5-6/h2-5,8-9,12H,11H2,1H3/t8-,9-/m1/s1. The van der Waals surface area contributed by atoms with Crippen molar-refractivity contribution < 1.29 is 13.5 Å². The van der Waals surface area contributed by atoms with Crippen molar-refractivity contribution in [1.82, 2.24) is 0 Å². The Morgan fingerprint density at radius 1 is 1.47 bits per heavy atom. The van der Waals surface area contributed by atoms with E-state index in [-0.39, 0.29) is 0 Å². The normalized spacial score (nSPS) is 15.9. The summed E-state index contributed by atoms with van der Waals surface area (Å²) in [6.45, 7) is 0. The largest absolute Gasteiger partial charge is 0.399 e. The van der Waals surface area contributed by atoms with Gasteiger partial charge in [-0.3, -0.25) is 0 Å². The van der Waals surface area contributed by atoms with Crippen molar-refractivity contribution in [2.45, 2.75) is 10.8 Å². The van der Waals surface area contributed by atoms with Gasteiger partial charge in [0.05, 0.1) is 0 Å². The van der Waals surface area contributed by atoms with Crippen LogP contribution in [0.25, 0.3) is 0 Å². The van der Waals surface area contributed by atoms with Crippen molar-refractivity contribution in [2.75, 3.05) is 12.0 Å². The molecule has 15 heavy (non-hydrogen) atoms. The fourth-order valence-electron chi connectivity index (χ4n) is 1.13. The number of aliphatic hydroxyl groups excluding tert-OH is 1. The topological polar surface area (TPSA) is 80.4 Å². The molecule has 1 aromatic carbocycles. The Morgan fingerprint density at radius 2 is 2.07 bits per heavy atom. The van der Waals surface area contributed by atoms with E-state index in [0.717, 1.165) is 6.26 Å². The van der Waals surface area contributed by atoms with Crippen molar-refractivity contribution in [3.05, 3.63) is 29.8 Å². The van der Waals surface area contributed by atoms with Gasteiger partial charge in [0.15, 0.2) is 14.5 Å². The Bertz CT molecular complexity index is 446. The quantitative estimate of drug-likeness (QED) is 0.616. The number of anilines is 1. The highest BCUT2D eigenvalue weighted by atomic mass is 35.5. The van der Waals surface area contributed by atoms with Crippen LogP contribution in [0.2, 0.25) is 0 Å². The third-order valence-corrected chi connectivity index (χ3v) is 4.19. The van der Waals surface area contributed by atoms with E-state index in [0.29, 0.717) is 11.3 Å². The van der Waals surface area contributed by atoms with Crippen LogP contribution < -0.4 is 5.73 Å². The first kappa shape index (κ1) is 12.3. The van der Waals surface area contributed by atoms with E-state index in [4.69, 9.17) is 17.3 Å². The lowest BCUT2D eigenvalue weighted by atomic mass is 10.1. The summed E-state index contributed by atoms with van der Waals surface area (Å²) >= 11 is 5.62. The molecule has 0 saturated carbocycles. The third-order valence-electron chi connectivity index (χ3n) is 1.91. The summed E-state index contributed by atoms with van der Waals surface area (Å²) in [5.41, 5.74) is 6.34. The van der Waals surface area contributed by atoms with E-state index in [1.54, 1.807) is 18.2 Å². The Hall–Kier alpha value is -0.780. The van der Waals surface area contributed by atoms with Gasteiger partial charge in [-0.25, -0.2) is 8.42 Å². The molecular formula is C9H12ClNO3S. The highest BCUT2D eigenvalue weighted by molar-refractivity contribution is 7.92. The molecule has 0 aliphatic carbocycles. The highest BCUT2D eigenvalue weighted by Crippen LogP contribution is 2.25. The molecule has 0 aromatic heterocycles. The van der Waals surface area contributed by atoms with Crippen LogP contribution >= 0.6 is 11.6 Å². The molecule has 2 atom stereocenters. The van der Waals surface area contributed by atoms with Gasteiger partial charge in [0.2, 0.25) is 0 Å². The second kappa shape index (κ2) is 4.38. The van der Waals surface area contributed by atoms with Crippen LogP contribution in [0.3, 0.4) is 0 Å².